The van der Waals surface area contributed by atoms with E-state index in [2.05, 4.69) is 16.5 Å². The van der Waals surface area contributed by atoms with Gasteiger partial charge in [0.15, 0.2) is 0 Å². The summed E-state index contributed by atoms with van der Waals surface area (Å²) < 4.78 is 5.19. The van der Waals surface area contributed by atoms with Crippen molar-refractivity contribution in [3.05, 3.63) is 60.7 Å². The fourth-order valence-corrected chi connectivity index (χ4v) is 1.26. The third kappa shape index (κ3) is 6.51. The number of aromatic nitrogens is 2. The minimum atomic E-state index is -0.0831. The molecule has 6 heteroatoms. The predicted octanol–water partition coefficient (Wildman–Crippen LogP) is 1.42. The molecule has 0 fully saturated rings. The fourth-order valence-electron chi connectivity index (χ4n) is 1.26. The van der Waals surface area contributed by atoms with E-state index in [1.807, 2.05) is 0 Å². The smallest absolute Gasteiger partial charge is 0.138 e. The molecule has 0 aliphatic heterocycles. The van der Waals surface area contributed by atoms with E-state index in [1.165, 1.54) is 12.3 Å². The van der Waals surface area contributed by atoms with Crippen LogP contribution in [0.1, 0.15) is 11.4 Å². The van der Waals surface area contributed by atoms with Crippen LogP contribution in [-0.4, -0.2) is 31.9 Å². The normalized spacial score (nSPS) is 9.43. The number of hydrogen-bond donors (Lipinski definition) is 3. The van der Waals surface area contributed by atoms with E-state index in [4.69, 9.17) is 20.1 Å². The summed E-state index contributed by atoms with van der Waals surface area (Å²) in [5.74, 6) is 0.805. The molecular formula is C15H18N2O4. The summed E-state index contributed by atoms with van der Waals surface area (Å²) in [7, 11) is 0. The van der Waals surface area contributed by atoms with Crippen LogP contribution in [0.2, 0.25) is 0 Å². The molecule has 0 saturated carbocycles. The van der Waals surface area contributed by atoms with Gasteiger partial charge in [-0.25, -0.2) is 0 Å². The van der Waals surface area contributed by atoms with Gasteiger partial charge in [-0.2, -0.15) is 0 Å². The Morgan fingerprint density at radius 1 is 1.00 bits per heavy atom. The lowest BCUT2D eigenvalue weighted by atomic mass is 10.3. The molecule has 0 aliphatic carbocycles. The number of aromatic hydroxyl groups is 1. The summed E-state index contributed by atoms with van der Waals surface area (Å²) >= 11 is 0. The molecular weight excluding hydrogens is 272 g/mol. The number of pyridine rings is 2. The summed E-state index contributed by atoms with van der Waals surface area (Å²) in [6, 6.07) is 6.54. The summed E-state index contributed by atoms with van der Waals surface area (Å²) in [5, 5.41) is 25.9. The Morgan fingerprint density at radius 2 is 1.62 bits per heavy atom. The standard InChI is InChI=1S/C9H11NO2.C6H7NO2/c1-2-5-12-9-4-3-8(7-11)10-6-9;8-4-5-1-2-6(9)3-7-5/h2-4,6,11H,1,5,7H2;1-3,8-9H,4H2. The number of nitrogens with zero attached hydrogens (tertiary/aromatic N) is 2. The quantitative estimate of drug-likeness (QED) is 0.721. The Labute approximate surface area is 123 Å². The van der Waals surface area contributed by atoms with Gasteiger partial charge in [0, 0.05) is 0 Å². The summed E-state index contributed by atoms with van der Waals surface area (Å²) in [6.07, 6.45) is 4.54. The van der Waals surface area contributed by atoms with Crippen LogP contribution in [-0.2, 0) is 13.2 Å². The lowest BCUT2D eigenvalue weighted by molar-refractivity contribution is 0.276. The average molecular weight is 290 g/mol. The van der Waals surface area contributed by atoms with Crippen molar-refractivity contribution >= 4 is 0 Å². The van der Waals surface area contributed by atoms with Crippen LogP contribution >= 0.6 is 0 Å². The molecule has 2 aromatic rings. The van der Waals surface area contributed by atoms with E-state index in [0.717, 1.165) is 0 Å². The van der Waals surface area contributed by atoms with Gasteiger partial charge in [0.25, 0.3) is 0 Å². The monoisotopic (exact) mass is 290 g/mol. The van der Waals surface area contributed by atoms with Crippen molar-refractivity contribution in [2.24, 2.45) is 0 Å². The van der Waals surface area contributed by atoms with Crippen LogP contribution in [0.5, 0.6) is 11.5 Å². The molecule has 0 radical (unpaired) electrons. The second kappa shape index (κ2) is 9.46. The van der Waals surface area contributed by atoms with Gasteiger partial charge in [0.05, 0.1) is 37.0 Å². The Bertz CT molecular complexity index is 526. The lowest BCUT2D eigenvalue weighted by Crippen LogP contribution is -1.94. The summed E-state index contributed by atoms with van der Waals surface area (Å²) in [5.41, 5.74) is 1.20. The number of aliphatic hydroxyl groups is 2. The third-order valence-electron chi connectivity index (χ3n) is 2.30. The maximum Gasteiger partial charge on any atom is 0.138 e. The predicted molar refractivity (Wildman–Crippen MR) is 77.7 cm³/mol. The van der Waals surface area contributed by atoms with E-state index in [-0.39, 0.29) is 19.0 Å². The fraction of sp³-hybridized carbons (Fsp3) is 0.200. The zero-order valence-corrected chi connectivity index (χ0v) is 11.5. The largest absolute Gasteiger partial charge is 0.506 e. The average Bonchev–Trinajstić information content (AvgIpc) is 2.55. The van der Waals surface area contributed by atoms with Crippen molar-refractivity contribution in [3.8, 4) is 11.5 Å². The molecule has 0 saturated heterocycles. The highest BCUT2D eigenvalue weighted by Crippen LogP contribution is 2.08. The first kappa shape index (κ1) is 16.6. The van der Waals surface area contributed by atoms with Gasteiger partial charge in [0.1, 0.15) is 18.1 Å². The second-order valence-corrected chi connectivity index (χ2v) is 3.91. The summed E-state index contributed by atoms with van der Waals surface area (Å²) in [6.45, 7) is 3.87. The van der Waals surface area contributed by atoms with E-state index in [9.17, 15) is 0 Å². The van der Waals surface area contributed by atoms with Gasteiger partial charge in [-0.3, -0.25) is 9.97 Å². The van der Waals surface area contributed by atoms with E-state index in [0.29, 0.717) is 23.7 Å². The minimum Gasteiger partial charge on any atom is -0.506 e. The zero-order chi connectivity index (χ0) is 15.5. The molecule has 2 aromatic heterocycles. The zero-order valence-electron chi connectivity index (χ0n) is 11.5. The molecule has 0 aromatic carbocycles. The molecule has 0 spiro atoms. The van der Waals surface area contributed by atoms with Gasteiger partial charge in [-0.05, 0) is 24.3 Å². The number of ether oxygens (including phenoxy) is 1. The Morgan fingerprint density at radius 3 is 2.05 bits per heavy atom. The van der Waals surface area contributed by atoms with Crippen molar-refractivity contribution < 1.29 is 20.1 Å². The van der Waals surface area contributed by atoms with Gasteiger partial charge >= 0.3 is 0 Å². The molecule has 2 heterocycles. The first-order chi connectivity index (χ1) is 10.2. The van der Waals surface area contributed by atoms with Crippen LogP contribution in [0, 0.1) is 0 Å². The number of rotatable bonds is 5. The Hall–Kier alpha value is -2.44. The minimum absolute atomic E-state index is 0.0399. The van der Waals surface area contributed by atoms with E-state index < -0.39 is 0 Å². The van der Waals surface area contributed by atoms with Crippen LogP contribution in [0.25, 0.3) is 0 Å². The van der Waals surface area contributed by atoms with Crippen LogP contribution in [0.3, 0.4) is 0 Å². The SMILES string of the molecule is C=CCOc1ccc(CO)nc1.OCc1ccc(O)cn1. The van der Waals surface area contributed by atoms with Crippen LogP contribution < -0.4 is 4.74 Å². The highest BCUT2D eigenvalue weighted by molar-refractivity contribution is 5.19. The van der Waals surface area contributed by atoms with Gasteiger partial charge in [0.2, 0.25) is 0 Å². The molecule has 0 unspecified atom stereocenters. The van der Waals surface area contributed by atoms with Crippen molar-refractivity contribution in [2.45, 2.75) is 13.2 Å². The molecule has 0 amide bonds. The number of hydrogen-bond acceptors (Lipinski definition) is 6. The molecule has 0 bridgehead atoms. The van der Waals surface area contributed by atoms with Crippen LogP contribution in [0.4, 0.5) is 0 Å². The maximum absolute atomic E-state index is 8.71. The molecule has 2 rings (SSSR count). The first-order valence-electron chi connectivity index (χ1n) is 6.23. The molecule has 0 atom stereocenters. The van der Waals surface area contributed by atoms with Crippen molar-refractivity contribution in [1.29, 1.82) is 0 Å². The van der Waals surface area contributed by atoms with E-state index >= 15 is 0 Å². The topological polar surface area (TPSA) is 95.7 Å². The van der Waals surface area contributed by atoms with E-state index in [1.54, 1.807) is 30.5 Å². The molecule has 6 nitrogen and oxygen atoms in total. The number of aliphatic hydroxyl groups excluding tert-OH is 2. The Balaban J connectivity index is 0.000000219. The highest BCUT2D eigenvalue weighted by Gasteiger charge is 1.93. The third-order valence-corrected chi connectivity index (χ3v) is 2.30. The molecule has 3 N–H and O–H groups in total. The van der Waals surface area contributed by atoms with Gasteiger partial charge in [-0.1, -0.05) is 12.7 Å². The van der Waals surface area contributed by atoms with Gasteiger partial charge in [-0.15, -0.1) is 0 Å². The molecule has 112 valence electrons. The summed E-state index contributed by atoms with van der Waals surface area (Å²) in [4.78, 5) is 7.64. The van der Waals surface area contributed by atoms with Crippen LogP contribution in [0.15, 0.2) is 49.3 Å². The second-order valence-electron chi connectivity index (χ2n) is 3.91. The Kier molecular flexibility index (Phi) is 7.49. The highest BCUT2D eigenvalue weighted by atomic mass is 16.5. The van der Waals surface area contributed by atoms with Crippen molar-refractivity contribution in [1.82, 2.24) is 9.97 Å². The van der Waals surface area contributed by atoms with Gasteiger partial charge < -0.3 is 20.1 Å². The van der Waals surface area contributed by atoms with Crippen molar-refractivity contribution in [3.63, 3.8) is 0 Å². The lowest BCUT2D eigenvalue weighted by Gasteiger charge is -2.01. The maximum atomic E-state index is 8.71. The molecule has 0 aliphatic rings. The first-order valence-corrected chi connectivity index (χ1v) is 6.23. The van der Waals surface area contributed by atoms with Crippen molar-refractivity contribution in [2.75, 3.05) is 6.61 Å². The molecule has 21 heavy (non-hydrogen) atoms.